The SMILES string of the molecule is CN1C(=O)c2cc(ccn2)-c2ccccc2OCCCCNCCC1C1CCN(C(=O)OC(C)(C)C)CC1. The van der Waals surface area contributed by atoms with Crippen LogP contribution in [0, 0.1) is 5.92 Å². The van der Waals surface area contributed by atoms with E-state index in [1.165, 1.54) is 0 Å². The van der Waals surface area contributed by atoms with Crippen molar-refractivity contribution in [2.24, 2.45) is 5.92 Å². The van der Waals surface area contributed by atoms with E-state index in [9.17, 15) is 9.59 Å². The van der Waals surface area contributed by atoms with Gasteiger partial charge in [-0.25, -0.2) is 4.79 Å². The van der Waals surface area contributed by atoms with Crippen molar-refractivity contribution in [3.8, 4) is 16.9 Å². The van der Waals surface area contributed by atoms with Gasteiger partial charge in [0.25, 0.3) is 5.91 Å². The molecular weight excluding hydrogens is 480 g/mol. The van der Waals surface area contributed by atoms with Crippen molar-refractivity contribution in [3.05, 3.63) is 48.3 Å². The average molecular weight is 523 g/mol. The van der Waals surface area contributed by atoms with Gasteiger partial charge in [0, 0.05) is 37.9 Å². The maximum Gasteiger partial charge on any atom is 0.410 e. The van der Waals surface area contributed by atoms with E-state index in [1.54, 1.807) is 11.1 Å². The summed E-state index contributed by atoms with van der Waals surface area (Å²) >= 11 is 0. The Morgan fingerprint density at radius 1 is 1.08 bits per heavy atom. The van der Waals surface area contributed by atoms with Crippen molar-refractivity contribution in [2.75, 3.05) is 39.8 Å². The number of nitrogens with one attached hydrogen (secondary N) is 1. The lowest BCUT2D eigenvalue weighted by Gasteiger charge is -2.40. The summed E-state index contributed by atoms with van der Waals surface area (Å²) in [6.07, 6.45) is 5.94. The van der Waals surface area contributed by atoms with Gasteiger partial charge in [-0.05, 0) is 95.6 Å². The van der Waals surface area contributed by atoms with Gasteiger partial charge in [0.1, 0.15) is 17.0 Å². The van der Waals surface area contributed by atoms with Gasteiger partial charge < -0.3 is 24.6 Å². The van der Waals surface area contributed by atoms with Crippen molar-refractivity contribution in [3.63, 3.8) is 0 Å². The highest BCUT2D eigenvalue weighted by Crippen LogP contribution is 2.31. The Hall–Kier alpha value is -3.13. The second-order valence-corrected chi connectivity index (χ2v) is 11.3. The molecule has 1 atom stereocenters. The number of benzene rings is 1. The predicted molar refractivity (Wildman–Crippen MR) is 148 cm³/mol. The summed E-state index contributed by atoms with van der Waals surface area (Å²) in [5.74, 6) is 1.03. The number of aromatic nitrogens is 1. The molecule has 2 aliphatic heterocycles. The van der Waals surface area contributed by atoms with Gasteiger partial charge in [-0.3, -0.25) is 9.78 Å². The molecule has 1 aromatic heterocycles. The molecule has 0 aliphatic carbocycles. The molecule has 1 saturated heterocycles. The van der Waals surface area contributed by atoms with Crippen molar-refractivity contribution < 1.29 is 19.1 Å². The van der Waals surface area contributed by atoms with E-state index in [2.05, 4.69) is 10.3 Å². The van der Waals surface area contributed by atoms with Gasteiger partial charge in [-0.1, -0.05) is 18.2 Å². The smallest absolute Gasteiger partial charge is 0.410 e. The number of likely N-dealkylation sites (tertiary alicyclic amines) is 1. The Kier molecular flexibility index (Phi) is 9.26. The van der Waals surface area contributed by atoms with Crippen LogP contribution in [0.2, 0.25) is 0 Å². The number of pyridine rings is 1. The summed E-state index contributed by atoms with van der Waals surface area (Å²) < 4.78 is 11.7. The topological polar surface area (TPSA) is 84.0 Å². The first-order chi connectivity index (χ1) is 18.2. The molecule has 1 N–H and O–H groups in total. The number of nitrogens with zero attached hydrogens (tertiary/aromatic N) is 3. The molecule has 2 aromatic rings. The third-order valence-corrected chi connectivity index (χ3v) is 7.35. The highest BCUT2D eigenvalue weighted by atomic mass is 16.6. The number of carbonyl (C=O) groups is 2. The fourth-order valence-electron chi connectivity index (χ4n) is 5.33. The Labute approximate surface area is 226 Å². The largest absolute Gasteiger partial charge is 0.493 e. The van der Waals surface area contributed by atoms with Crippen LogP contribution in [0.1, 0.15) is 63.4 Å². The van der Waals surface area contributed by atoms with Gasteiger partial charge in [0.05, 0.1) is 6.61 Å². The van der Waals surface area contributed by atoms with Gasteiger partial charge in [0.2, 0.25) is 0 Å². The van der Waals surface area contributed by atoms with E-state index < -0.39 is 5.60 Å². The van der Waals surface area contributed by atoms with Crippen LogP contribution < -0.4 is 10.1 Å². The van der Waals surface area contributed by atoms with E-state index in [1.807, 2.05) is 69.1 Å². The van der Waals surface area contributed by atoms with E-state index in [-0.39, 0.29) is 18.0 Å². The maximum absolute atomic E-state index is 13.7. The molecule has 0 saturated carbocycles. The van der Waals surface area contributed by atoms with Crippen LogP contribution in [0.25, 0.3) is 11.1 Å². The molecule has 206 valence electrons. The van der Waals surface area contributed by atoms with E-state index in [4.69, 9.17) is 9.47 Å². The summed E-state index contributed by atoms with van der Waals surface area (Å²) in [4.78, 5) is 34.4. The van der Waals surface area contributed by atoms with Gasteiger partial charge in [-0.15, -0.1) is 0 Å². The lowest BCUT2D eigenvalue weighted by Crippen LogP contribution is -2.49. The molecule has 0 radical (unpaired) electrons. The molecule has 38 heavy (non-hydrogen) atoms. The molecule has 1 aromatic carbocycles. The number of rotatable bonds is 1. The second-order valence-electron chi connectivity index (χ2n) is 11.3. The first-order valence-electron chi connectivity index (χ1n) is 13.9. The third kappa shape index (κ3) is 7.25. The van der Waals surface area contributed by atoms with Crippen molar-refractivity contribution in [1.82, 2.24) is 20.1 Å². The fraction of sp³-hybridized carbons (Fsp3) is 0.567. The lowest BCUT2D eigenvalue weighted by atomic mass is 9.86. The number of fused-ring (bicyclic) bond motifs is 4. The molecular formula is C30H42N4O4. The summed E-state index contributed by atoms with van der Waals surface area (Å²) in [5, 5.41) is 3.56. The molecule has 3 heterocycles. The van der Waals surface area contributed by atoms with Crippen LogP contribution in [0.15, 0.2) is 42.6 Å². The minimum atomic E-state index is -0.510. The number of hydrogen-bond donors (Lipinski definition) is 1. The Morgan fingerprint density at radius 2 is 1.84 bits per heavy atom. The molecule has 2 amide bonds. The Bertz CT molecular complexity index is 1090. The molecule has 2 aliphatic rings. The number of ether oxygens (including phenoxy) is 2. The molecule has 8 nitrogen and oxygen atoms in total. The molecule has 1 unspecified atom stereocenters. The number of hydrogen-bond acceptors (Lipinski definition) is 6. The van der Waals surface area contributed by atoms with Crippen molar-refractivity contribution >= 4 is 12.0 Å². The van der Waals surface area contributed by atoms with Crippen molar-refractivity contribution in [1.29, 1.82) is 0 Å². The monoisotopic (exact) mass is 522 g/mol. The average Bonchev–Trinajstić information content (AvgIpc) is 2.90. The third-order valence-electron chi connectivity index (χ3n) is 7.35. The van der Waals surface area contributed by atoms with Crippen LogP contribution in [0.3, 0.4) is 0 Å². The zero-order valence-electron chi connectivity index (χ0n) is 23.2. The predicted octanol–water partition coefficient (Wildman–Crippen LogP) is 4.99. The highest BCUT2D eigenvalue weighted by Gasteiger charge is 2.34. The molecule has 0 spiro atoms. The minimum Gasteiger partial charge on any atom is -0.493 e. The first kappa shape index (κ1) is 27.9. The van der Waals surface area contributed by atoms with Gasteiger partial charge in [-0.2, -0.15) is 0 Å². The van der Waals surface area contributed by atoms with E-state index in [0.29, 0.717) is 31.3 Å². The normalized spacial score (nSPS) is 20.4. The fourth-order valence-corrected chi connectivity index (χ4v) is 5.33. The van der Waals surface area contributed by atoms with Crippen LogP contribution in [-0.2, 0) is 4.74 Å². The van der Waals surface area contributed by atoms with E-state index >= 15 is 0 Å². The van der Waals surface area contributed by atoms with Gasteiger partial charge >= 0.3 is 6.09 Å². The zero-order chi connectivity index (χ0) is 27.1. The number of carbonyl (C=O) groups excluding carboxylic acids is 2. The maximum atomic E-state index is 13.7. The van der Waals surface area contributed by atoms with Crippen LogP contribution in [0.4, 0.5) is 4.79 Å². The van der Waals surface area contributed by atoms with Crippen LogP contribution in [0.5, 0.6) is 5.75 Å². The van der Waals surface area contributed by atoms with E-state index in [0.717, 1.165) is 62.1 Å². The highest BCUT2D eigenvalue weighted by molar-refractivity contribution is 5.93. The molecule has 1 fully saturated rings. The Morgan fingerprint density at radius 3 is 2.61 bits per heavy atom. The number of para-hydroxylation sites is 1. The Balaban J connectivity index is 1.54. The minimum absolute atomic E-state index is 0.0461. The van der Waals surface area contributed by atoms with Crippen LogP contribution >= 0.6 is 0 Å². The standard InChI is InChI=1S/C30H42N4O4/c1-30(2,3)38-29(36)34-18-13-22(14-19-34)26-12-16-31-15-7-8-20-37-27-10-6-5-9-24(27)23-11-17-32-25(21-23)28(35)33(26)4/h5-6,9-11,17,21-22,26,31H,7-8,12-16,18-20H2,1-4H3. The quantitative estimate of drug-likeness (QED) is 0.568. The summed E-state index contributed by atoms with van der Waals surface area (Å²) in [7, 11) is 1.89. The van der Waals surface area contributed by atoms with Gasteiger partial charge in [0.15, 0.2) is 0 Å². The lowest BCUT2D eigenvalue weighted by molar-refractivity contribution is 0.0130. The molecule has 8 heteroatoms. The first-order valence-corrected chi connectivity index (χ1v) is 13.9. The number of piperidine rings is 1. The van der Waals surface area contributed by atoms with Crippen molar-refractivity contribution in [2.45, 2.75) is 64.5 Å². The molecule has 2 bridgehead atoms. The summed E-state index contributed by atoms with van der Waals surface area (Å²) in [5.41, 5.74) is 1.80. The zero-order valence-corrected chi connectivity index (χ0v) is 23.2. The van der Waals surface area contributed by atoms with Crippen LogP contribution in [-0.4, -0.2) is 78.3 Å². The summed E-state index contributed by atoms with van der Waals surface area (Å²) in [6.45, 7) is 9.32. The second kappa shape index (κ2) is 12.6. The summed E-state index contributed by atoms with van der Waals surface area (Å²) in [6, 6.07) is 11.8. The molecule has 4 rings (SSSR count). The number of amides is 2.